The molecule has 0 saturated carbocycles. The number of para-hydroxylation sites is 1. The van der Waals surface area contributed by atoms with Gasteiger partial charge >= 0.3 is 0 Å². The van der Waals surface area contributed by atoms with Gasteiger partial charge in [-0.1, -0.05) is 24.3 Å². The van der Waals surface area contributed by atoms with Crippen molar-refractivity contribution < 1.29 is 34.0 Å². The predicted molar refractivity (Wildman–Crippen MR) is 146 cm³/mol. The number of rotatable bonds is 12. The Bertz CT molecular complexity index is 1230. The molecule has 0 bridgehead atoms. The van der Waals surface area contributed by atoms with E-state index in [0.717, 1.165) is 11.1 Å². The van der Waals surface area contributed by atoms with Crippen LogP contribution in [-0.4, -0.2) is 79.1 Å². The first-order valence-corrected chi connectivity index (χ1v) is 13.1. The highest BCUT2D eigenvalue weighted by Gasteiger charge is 2.50. The van der Waals surface area contributed by atoms with Crippen LogP contribution < -0.4 is 19.5 Å². The number of aliphatic hydroxyl groups is 2. The number of methoxy groups -OCH3 is 2. The van der Waals surface area contributed by atoms with Gasteiger partial charge in [-0.05, 0) is 48.7 Å². The number of allylic oxidation sites excluding steroid dienone is 1. The Labute approximate surface area is 228 Å². The van der Waals surface area contributed by atoms with E-state index in [1.807, 2.05) is 30.3 Å². The Morgan fingerprint density at radius 3 is 2.69 bits per heavy atom. The number of benzene rings is 2. The molecule has 0 radical (unpaired) electrons. The molecule has 9 nitrogen and oxygen atoms in total. The van der Waals surface area contributed by atoms with E-state index >= 15 is 0 Å². The minimum Gasteiger partial charge on any atom is -0.497 e. The normalized spacial score (nSPS) is 21.1. The number of hydrogen-bond acceptors (Lipinski definition) is 7. The van der Waals surface area contributed by atoms with Crippen LogP contribution in [-0.2, 0) is 16.0 Å². The van der Waals surface area contributed by atoms with Gasteiger partial charge < -0.3 is 34.6 Å². The monoisotopic (exact) mass is 536 g/mol. The number of hydrogen-bond donors (Lipinski definition) is 3. The molecule has 1 aliphatic carbocycles. The first-order chi connectivity index (χ1) is 18.9. The van der Waals surface area contributed by atoms with E-state index in [1.165, 1.54) is 0 Å². The number of ether oxygens (including phenoxy) is 3. The van der Waals surface area contributed by atoms with Crippen LogP contribution in [0.3, 0.4) is 0 Å². The summed E-state index contributed by atoms with van der Waals surface area (Å²) in [6.07, 6.45) is 2.62. The van der Waals surface area contributed by atoms with Crippen LogP contribution in [0, 0.1) is 0 Å². The number of amides is 2. The largest absolute Gasteiger partial charge is 0.497 e. The number of carbonyl (C=O) groups is 2. The van der Waals surface area contributed by atoms with E-state index in [1.54, 1.807) is 43.4 Å². The van der Waals surface area contributed by atoms with Crippen LogP contribution in [0.1, 0.15) is 29.9 Å². The van der Waals surface area contributed by atoms with Gasteiger partial charge in [0.15, 0.2) is 0 Å². The van der Waals surface area contributed by atoms with Gasteiger partial charge in [0.25, 0.3) is 0 Å². The third-order valence-corrected chi connectivity index (χ3v) is 7.23. The molecule has 2 aromatic rings. The molecule has 1 heterocycles. The van der Waals surface area contributed by atoms with Gasteiger partial charge in [0, 0.05) is 30.6 Å². The molecule has 2 amide bonds. The maximum Gasteiger partial charge on any atom is 0.247 e. The van der Waals surface area contributed by atoms with Crippen LogP contribution in [0.5, 0.6) is 17.2 Å². The van der Waals surface area contributed by atoms with Crippen molar-refractivity contribution in [1.82, 2.24) is 10.2 Å². The van der Waals surface area contributed by atoms with E-state index in [9.17, 15) is 19.8 Å². The summed E-state index contributed by atoms with van der Waals surface area (Å²) < 4.78 is 17.1. The molecule has 4 rings (SSSR count). The predicted octanol–water partition coefficient (Wildman–Crippen LogP) is 2.36. The van der Waals surface area contributed by atoms with E-state index in [2.05, 4.69) is 11.9 Å². The fraction of sp³-hybridized carbons (Fsp3) is 0.400. The fourth-order valence-electron chi connectivity index (χ4n) is 5.32. The number of aliphatic hydroxyl groups excluding tert-OH is 2. The third kappa shape index (κ3) is 5.94. The van der Waals surface area contributed by atoms with Gasteiger partial charge in [-0.15, -0.1) is 6.58 Å². The van der Waals surface area contributed by atoms with Crippen molar-refractivity contribution in [3.63, 3.8) is 0 Å². The third-order valence-electron chi connectivity index (χ3n) is 7.23. The van der Waals surface area contributed by atoms with E-state index < -0.39 is 24.2 Å². The zero-order valence-electron chi connectivity index (χ0n) is 22.3. The smallest absolute Gasteiger partial charge is 0.247 e. The van der Waals surface area contributed by atoms with Crippen LogP contribution in [0.25, 0.3) is 0 Å². The quantitative estimate of drug-likeness (QED) is 0.357. The van der Waals surface area contributed by atoms with Crippen molar-refractivity contribution in [2.24, 2.45) is 0 Å². The van der Waals surface area contributed by atoms with Gasteiger partial charge in [0.1, 0.15) is 29.5 Å². The summed E-state index contributed by atoms with van der Waals surface area (Å²) in [6.45, 7) is 3.86. The Kier molecular flexibility index (Phi) is 9.27. The lowest BCUT2D eigenvalue weighted by atomic mass is 9.77. The van der Waals surface area contributed by atoms with Crippen molar-refractivity contribution in [3.8, 4) is 17.2 Å². The maximum absolute atomic E-state index is 13.5. The average Bonchev–Trinajstić information content (AvgIpc) is 3.36. The van der Waals surface area contributed by atoms with Gasteiger partial charge in [-0.3, -0.25) is 9.59 Å². The Balaban J connectivity index is 1.71. The molecule has 0 saturated heterocycles. The van der Waals surface area contributed by atoms with Gasteiger partial charge in [-0.25, -0.2) is 0 Å². The standard InChI is InChI=1S/C30H36N2O7/c1-4-5-10-26(34)32(15-13-19-17-20(37-2)11-12-24(19)38-3)23-18-22(30(36)31-14-16-33)27-21-8-6-7-9-25(21)39-29(27)28(23)35/h4,6-9,11-12,17-18,23,27-29,33,35H,1,5,10,13-16H2,2-3H3,(H,31,36)/t23-,27+,28+,29+/m1/s1. The Morgan fingerprint density at radius 2 is 1.97 bits per heavy atom. The molecule has 0 spiro atoms. The van der Waals surface area contributed by atoms with Crippen LogP contribution in [0.4, 0.5) is 0 Å². The molecule has 0 aromatic heterocycles. The maximum atomic E-state index is 13.5. The van der Waals surface area contributed by atoms with E-state index in [-0.39, 0.29) is 37.9 Å². The first kappa shape index (κ1) is 28.2. The zero-order valence-corrected chi connectivity index (χ0v) is 22.3. The van der Waals surface area contributed by atoms with Crippen molar-refractivity contribution in [3.05, 3.63) is 77.9 Å². The Morgan fingerprint density at radius 1 is 1.18 bits per heavy atom. The van der Waals surface area contributed by atoms with Crippen LogP contribution >= 0.6 is 0 Å². The van der Waals surface area contributed by atoms with E-state index in [4.69, 9.17) is 14.2 Å². The number of fused-ring (bicyclic) bond motifs is 3. The molecule has 9 heteroatoms. The second-order valence-electron chi connectivity index (χ2n) is 9.52. The molecular weight excluding hydrogens is 500 g/mol. The minimum absolute atomic E-state index is 0.0842. The summed E-state index contributed by atoms with van der Waals surface area (Å²) in [7, 11) is 3.16. The fourth-order valence-corrected chi connectivity index (χ4v) is 5.32. The lowest BCUT2D eigenvalue weighted by Gasteiger charge is -2.41. The molecule has 39 heavy (non-hydrogen) atoms. The summed E-state index contributed by atoms with van der Waals surface area (Å²) in [4.78, 5) is 28.4. The van der Waals surface area contributed by atoms with Gasteiger partial charge in [-0.2, -0.15) is 0 Å². The van der Waals surface area contributed by atoms with Crippen LogP contribution in [0.2, 0.25) is 0 Å². The van der Waals surface area contributed by atoms with Gasteiger partial charge in [0.05, 0.1) is 32.8 Å². The Hall–Kier alpha value is -3.82. The van der Waals surface area contributed by atoms with Crippen LogP contribution in [0.15, 0.2) is 66.8 Å². The molecule has 1 aliphatic heterocycles. The highest BCUT2D eigenvalue weighted by molar-refractivity contribution is 5.96. The molecule has 2 aromatic carbocycles. The molecule has 3 N–H and O–H groups in total. The molecule has 0 fully saturated rings. The van der Waals surface area contributed by atoms with Crippen molar-refractivity contribution in [1.29, 1.82) is 0 Å². The highest BCUT2D eigenvalue weighted by atomic mass is 16.5. The number of nitrogens with one attached hydrogen (secondary N) is 1. The first-order valence-electron chi connectivity index (χ1n) is 13.1. The summed E-state index contributed by atoms with van der Waals surface area (Å²) in [5.74, 6) is 0.863. The minimum atomic E-state index is -1.09. The number of carbonyl (C=O) groups excluding carboxylic acids is 2. The SMILES string of the molecule is C=CCCC(=O)N(CCc1cc(OC)ccc1OC)[C@@H]1C=C(C(=O)NCCO)[C@@H]2c3ccccc3O[C@@H]2[C@H]1O. The summed E-state index contributed by atoms with van der Waals surface area (Å²) >= 11 is 0. The molecule has 4 atom stereocenters. The molecule has 208 valence electrons. The second kappa shape index (κ2) is 12.8. The van der Waals surface area contributed by atoms with Gasteiger partial charge in [0.2, 0.25) is 11.8 Å². The molecule has 0 unspecified atom stereocenters. The summed E-state index contributed by atoms with van der Waals surface area (Å²) in [5.41, 5.74) is 2.04. The summed E-state index contributed by atoms with van der Waals surface area (Å²) in [5, 5.41) is 23.6. The van der Waals surface area contributed by atoms with Crippen molar-refractivity contribution >= 4 is 11.8 Å². The number of nitrogens with zero attached hydrogens (tertiary/aromatic N) is 1. The topological polar surface area (TPSA) is 118 Å². The van der Waals surface area contributed by atoms with E-state index in [0.29, 0.717) is 35.7 Å². The highest BCUT2D eigenvalue weighted by Crippen LogP contribution is 2.47. The lowest BCUT2D eigenvalue weighted by molar-refractivity contribution is -0.137. The van der Waals surface area contributed by atoms with Crippen molar-refractivity contribution in [2.75, 3.05) is 33.9 Å². The second-order valence-corrected chi connectivity index (χ2v) is 9.52. The molecule has 2 aliphatic rings. The van der Waals surface area contributed by atoms with Crippen molar-refractivity contribution in [2.45, 2.75) is 43.4 Å². The lowest BCUT2D eigenvalue weighted by Crippen LogP contribution is -2.56. The average molecular weight is 537 g/mol. The summed E-state index contributed by atoms with van der Waals surface area (Å²) in [6, 6.07) is 12.0. The zero-order chi connectivity index (χ0) is 27.9. The molecular formula is C30H36N2O7.